The minimum atomic E-state index is 0.460. The number of halogens is 2. The van der Waals surface area contributed by atoms with Crippen molar-refractivity contribution in [2.24, 2.45) is 10.7 Å². The largest absolute Gasteiger partial charge is 0.384 e. The summed E-state index contributed by atoms with van der Waals surface area (Å²) in [6.07, 6.45) is 3.75. The second-order valence-corrected chi connectivity index (χ2v) is 5.47. The number of hydrogen-bond donors (Lipinski definition) is 1. The molecule has 2 nitrogen and oxygen atoms in total. The van der Waals surface area contributed by atoms with Gasteiger partial charge in [0.25, 0.3) is 0 Å². The lowest BCUT2D eigenvalue weighted by atomic mass is 10.2. The van der Waals surface area contributed by atoms with E-state index in [-0.39, 0.29) is 0 Å². The van der Waals surface area contributed by atoms with Gasteiger partial charge in [0.1, 0.15) is 5.84 Å². The zero-order valence-corrected chi connectivity index (χ0v) is 13.0. The van der Waals surface area contributed by atoms with Crippen molar-refractivity contribution in [2.45, 2.75) is 0 Å². The molecular weight excluding hydrogens is 371 g/mol. The fourth-order valence-corrected chi connectivity index (χ4v) is 2.18. The first kappa shape index (κ1) is 14.1. The molecule has 0 radical (unpaired) electrons. The Balaban J connectivity index is 2.14. The van der Waals surface area contributed by atoms with Crippen LogP contribution in [-0.4, -0.2) is 5.84 Å². The van der Waals surface area contributed by atoms with Crippen LogP contribution in [0, 0.1) is 3.57 Å². The van der Waals surface area contributed by atoms with Crippen molar-refractivity contribution >= 4 is 51.8 Å². The molecule has 0 heterocycles. The molecule has 0 saturated heterocycles. The molecule has 2 aromatic rings. The number of rotatable bonds is 3. The highest BCUT2D eigenvalue weighted by atomic mass is 127. The van der Waals surface area contributed by atoms with Gasteiger partial charge in [-0.2, -0.15) is 0 Å². The molecule has 0 atom stereocenters. The van der Waals surface area contributed by atoms with Gasteiger partial charge in [-0.1, -0.05) is 35.9 Å². The van der Waals surface area contributed by atoms with Gasteiger partial charge in [-0.05, 0) is 64.6 Å². The van der Waals surface area contributed by atoms with Crippen molar-refractivity contribution in [3.8, 4) is 0 Å². The van der Waals surface area contributed by atoms with Gasteiger partial charge in [0, 0.05) is 8.59 Å². The third-order valence-corrected chi connectivity index (χ3v) is 3.66. The number of nitrogens with zero attached hydrogens (tertiary/aromatic N) is 1. The third kappa shape index (κ3) is 4.36. The summed E-state index contributed by atoms with van der Waals surface area (Å²) >= 11 is 8.10. The number of amidine groups is 1. The van der Waals surface area contributed by atoms with Crippen LogP contribution >= 0.6 is 34.2 Å². The average Bonchev–Trinajstić information content (AvgIpc) is 2.40. The maximum atomic E-state index is 5.87. The lowest BCUT2D eigenvalue weighted by Crippen LogP contribution is -2.06. The van der Waals surface area contributed by atoms with Crippen molar-refractivity contribution in [3.63, 3.8) is 0 Å². The lowest BCUT2D eigenvalue weighted by molar-refractivity contribution is 1.48. The van der Waals surface area contributed by atoms with Crippen LogP contribution in [0.3, 0.4) is 0 Å². The molecule has 2 aromatic carbocycles. The topological polar surface area (TPSA) is 38.4 Å². The van der Waals surface area contributed by atoms with E-state index in [2.05, 4.69) is 27.6 Å². The maximum absolute atomic E-state index is 5.87. The van der Waals surface area contributed by atoms with Crippen molar-refractivity contribution < 1.29 is 0 Å². The molecule has 0 aliphatic rings. The highest BCUT2D eigenvalue weighted by Gasteiger charge is 1.94. The van der Waals surface area contributed by atoms with E-state index in [0.717, 1.165) is 11.3 Å². The highest BCUT2D eigenvalue weighted by molar-refractivity contribution is 14.1. The number of nitrogens with two attached hydrogens (primary N) is 1. The zero-order chi connectivity index (χ0) is 13.7. The average molecular weight is 383 g/mol. The van der Waals surface area contributed by atoms with E-state index in [1.807, 2.05) is 42.5 Å². The van der Waals surface area contributed by atoms with Gasteiger partial charge in [0.05, 0.1) is 5.69 Å². The summed E-state index contributed by atoms with van der Waals surface area (Å²) in [5.41, 5.74) is 7.78. The Morgan fingerprint density at radius 2 is 1.79 bits per heavy atom. The van der Waals surface area contributed by atoms with Crippen LogP contribution in [0.5, 0.6) is 0 Å². The smallest absolute Gasteiger partial charge is 0.124 e. The van der Waals surface area contributed by atoms with Crippen LogP contribution in [-0.2, 0) is 0 Å². The Hall–Kier alpha value is -1.33. The summed E-state index contributed by atoms with van der Waals surface area (Å²) in [4.78, 5) is 4.29. The van der Waals surface area contributed by atoms with E-state index in [0.29, 0.717) is 10.9 Å². The van der Waals surface area contributed by atoms with E-state index in [4.69, 9.17) is 17.3 Å². The summed E-state index contributed by atoms with van der Waals surface area (Å²) in [5.74, 6) is 0.460. The normalized spacial score (nSPS) is 12.0. The Kier molecular flexibility index (Phi) is 4.99. The molecular formula is C15H12ClIN2. The van der Waals surface area contributed by atoms with Gasteiger partial charge in [0.15, 0.2) is 0 Å². The summed E-state index contributed by atoms with van der Waals surface area (Å²) in [6.45, 7) is 0. The van der Waals surface area contributed by atoms with Crippen LogP contribution < -0.4 is 5.73 Å². The third-order valence-electron chi connectivity index (χ3n) is 2.42. The molecule has 0 aliphatic carbocycles. The Labute approximate surface area is 131 Å². The standard InChI is InChI=1S/C15H12ClIN2/c16-12-6-8-13(9-7-12)19-15(18)10-5-11-3-1-2-4-14(11)17/h1-10H,(H2,18,19). The molecule has 0 saturated carbocycles. The molecule has 0 unspecified atom stereocenters. The number of aliphatic imine (C=N–C) groups is 1. The molecule has 0 fully saturated rings. The molecule has 2 N–H and O–H groups in total. The van der Waals surface area contributed by atoms with Gasteiger partial charge in [-0.15, -0.1) is 0 Å². The molecule has 0 bridgehead atoms. The van der Waals surface area contributed by atoms with E-state index >= 15 is 0 Å². The summed E-state index contributed by atoms with van der Waals surface area (Å²) in [6, 6.07) is 15.3. The molecule has 0 aliphatic heterocycles. The highest BCUT2D eigenvalue weighted by Crippen LogP contribution is 2.16. The van der Waals surface area contributed by atoms with Crippen molar-refractivity contribution in [1.29, 1.82) is 0 Å². The van der Waals surface area contributed by atoms with E-state index in [1.54, 1.807) is 18.2 Å². The molecule has 19 heavy (non-hydrogen) atoms. The fourth-order valence-electron chi connectivity index (χ4n) is 1.49. The summed E-state index contributed by atoms with van der Waals surface area (Å²) < 4.78 is 1.18. The van der Waals surface area contributed by atoms with Crippen LogP contribution in [0.2, 0.25) is 5.02 Å². The summed E-state index contributed by atoms with van der Waals surface area (Å²) in [7, 11) is 0. The predicted octanol–water partition coefficient (Wildman–Crippen LogP) is 4.65. The SMILES string of the molecule is NC(C=Cc1ccccc1I)=Nc1ccc(Cl)cc1. The Bertz CT molecular complexity index is 618. The monoisotopic (exact) mass is 382 g/mol. The molecule has 4 heteroatoms. The van der Waals surface area contributed by atoms with Crippen LogP contribution in [0.4, 0.5) is 5.69 Å². The van der Waals surface area contributed by atoms with E-state index in [1.165, 1.54) is 3.57 Å². The second kappa shape index (κ2) is 6.73. The second-order valence-electron chi connectivity index (χ2n) is 3.87. The molecule has 0 aromatic heterocycles. The first-order valence-corrected chi connectivity index (χ1v) is 7.13. The van der Waals surface area contributed by atoms with Gasteiger partial charge >= 0.3 is 0 Å². The Morgan fingerprint density at radius 3 is 2.47 bits per heavy atom. The quantitative estimate of drug-likeness (QED) is 0.468. The molecule has 0 spiro atoms. The van der Waals surface area contributed by atoms with Crippen molar-refractivity contribution in [3.05, 3.63) is 68.8 Å². The van der Waals surface area contributed by atoms with Crippen LogP contribution in [0.15, 0.2) is 59.6 Å². The zero-order valence-electron chi connectivity index (χ0n) is 10.1. The van der Waals surface area contributed by atoms with Crippen molar-refractivity contribution in [2.75, 3.05) is 0 Å². The summed E-state index contributed by atoms with van der Waals surface area (Å²) in [5, 5.41) is 0.687. The molecule has 2 rings (SSSR count). The van der Waals surface area contributed by atoms with Gasteiger partial charge < -0.3 is 5.73 Å². The van der Waals surface area contributed by atoms with Gasteiger partial charge in [0.2, 0.25) is 0 Å². The Morgan fingerprint density at radius 1 is 1.11 bits per heavy atom. The minimum Gasteiger partial charge on any atom is -0.384 e. The number of hydrogen-bond acceptors (Lipinski definition) is 1. The van der Waals surface area contributed by atoms with E-state index in [9.17, 15) is 0 Å². The first-order chi connectivity index (χ1) is 9.15. The maximum Gasteiger partial charge on any atom is 0.124 e. The predicted molar refractivity (Wildman–Crippen MR) is 90.9 cm³/mol. The molecule has 0 amide bonds. The first-order valence-electron chi connectivity index (χ1n) is 5.67. The van der Waals surface area contributed by atoms with E-state index < -0.39 is 0 Å². The fraction of sp³-hybridized carbons (Fsp3) is 0. The number of benzene rings is 2. The lowest BCUT2D eigenvalue weighted by Gasteiger charge is -1.98. The van der Waals surface area contributed by atoms with Crippen molar-refractivity contribution in [1.82, 2.24) is 0 Å². The van der Waals surface area contributed by atoms with Gasteiger partial charge in [-0.3, -0.25) is 0 Å². The molecule has 96 valence electrons. The van der Waals surface area contributed by atoms with Crippen LogP contribution in [0.1, 0.15) is 5.56 Å². The van der Waals surface area contributed by atoms with Gasteiger partial charge in [-0.25, -0.2) is 4.99 Å². The van der Waals surface area contributed by atoms with Crippen LogP contribution in [0.25, 0.3) is 6.08 Å². The minimum absolute atomic E-state index is 0.460.